The summed E-state index contributed by atoms with van der Waals surface area (Å²) in [5, 5.41) is 0. The van der Waals surface area contributed by atoms with Crippen molar-refractivity contribution < 1.29 is 4.79 Å². The van der Waals surface area contributed by atoms with Crippen LogP contribution in [0.15, 0.2) is 35.3 Å². The van der Waals surface area contributed by atoms with Crippen molar-refractivity contribution >= 4 is 17.6 Å². The van der Waals surface area contributed by atoms with Crippen molar-refractivity contribution in [3.8, 4) is 0 Å². The molecule has 2 fully saturated rings. The van der Waals surface area contributed by atoms with E-state index in [-0.39, 0.29) is 5.91 Å². The highest BCUT2D eigenvalue weighted by Gasteiger charge is 2.27. The molecule has 6 heteroatoms. The van der Waals surface area contributed by atoms with Crippen molar-refractivity contribution in [1.82, 2.24) is 9.80 Å². The van der Waals surface area contributed by atoms with Gasteiger partial charge in [-0.1, -0.05) is 18.2 Å². The summed E-state index contributed by atoms with van der Waals surface area (Å²) in [6.45, 7) is 3.78. The molecule has 2 N–H and O–H groups in total. The summed E-state index contributed by atoms with van der Waals surface area (Å²) in [5.74, 6) is 0.729. The highest BCUT2D eigenvalue weighted by Crippen LogP contribution is 2.24. The number of carbonyl (C=O) groups is 1. The van der Waals surface area contributed by atoms with Gasteiger partial charge in [-0.25, -0.2) is 0 Å². The zero-order chi connectivity index (χ0) is 16.9. The van der Waals surface area contributed by atoms with Gasteiger partial charge in [0.1, 0.15) is 0 Å². The molecule has 1 saturated heterocycles. The first-order valence-corrected chi connectivity index (χ1v) is 8.75. The molecule has 0 unspecified atom stereocenters. The van der Waals surface area contributed by atoms with Crippen molar-refractivity contribution in [2.75, 3.05) is 44.7 Å². The van der Waals surface area contributed by atoms with E-state index in [1.54, 1.807) is 0 Å². The molecule has 130 valence electrons. The van der Waals surface area contributed by atoms with Gasteiger partial charge in [0.05, 0.1) is 6.54 Å². The molecule has 0 bridgehead atoms. The summed E-state index contributed by atoms with van der Waals surface area (Å²) >= 11 is 0. The molecule has 1 aromatic carbocycles. The third kappa shape index (κ3) is 4.19. The highest BCUT2D eigenvalue weighted by atomic mass is 16.2. The second-order valence-corrected chi connectivity index (χ2v) is 6.54. The molecular weight excluding hydrogens is 302 g/mol. The summed E-state index contributed by atoms with van der Waals surface area (Å²) in [4.78, 5) is 22.9. The lowest BCUT2D eigenvalue weighted by Crippen LogP contribution is -2.49. The third-order valence-corrected chi connectivity index (χ3v) is 4.81. The van der Waals surface area contributed by atoms with E-state index in [2.05, 4.69) is 22.0 Å². The van der Waals surface area contributed by atoms with Crippen molar-refractivity contribution in [2.45, 2.75) is 25.3 Å². The number of anilines is 1. The average Bonchev–Trinajstić information content (AvgIpc) is 3.47. The molecule has 6 nitrogen and oxygen atoms in total. The molecule has 3 rings (SSSR count). The van der Waals surface area contributed by atoms with Crippen LogP contribution in [0.4, 0.5) is 5.69 Å². The van der Waals surface area contributed by atoms with E-state index in [0.29, 0.717) is 25.0 Å². The molecule has 0 aromatic heterocycles. The molecule has 2 aliphatic rings. The number of para-hydroxylation sites is 1. The molecule has 1 saturated carbocycles. The van der Waals surface area contributed by atoms with E-state index < -0.39 is 0 Å². The van der Waals surface area contributed by atoms with Crippen molar-refractivity contribution in [3.63, 3.8) is 0 Å². The summed E-state index contributed by atoms with van der Waals surface area (Å²) in [6.07, 6.45) is 2.82. The molecule has 1 aromatic rings. The molecule has 1 aliphatic carbocycles. The van der Waals surface area contributed by atoms with Crippen molar-refractivity contribution in [2.24, 2.45) is 10.7 Å². The fourth-order valence-electron chi connectivity index (χ4n) is 3.04. The van der Waals surface area contributed by atoms with Gasteiger partial charge in [0.25, 0.3) is 0 Å². The number of hydrogen-bond donors (Lipinski definition) is 1. The number of amides is 1. The third-order valence-electron chi connectivity index (χ3n) is 4.81. The van der Waals surface area contributed by atoms with Crippen LogP contribution in [0.2, 0.25) is 0 Å². The van der Waals surface area contributed by atoms with Gasteiger partial charge in [-0.05, 0) is 25.0 Å². The first-order chi connectivity index (χ1) is 11.6. The van der Waals surface area contributed by atoms with Gasteiger partial charge in [0.2, 0.25) is 5.91 Å². The van der Waals surface area contributed by atoms with Crippen LogP contribution in [0.25, 0.3) is 0 Å². The standard InChI is InChI=1S/C18H27N5O/c1-21(15-7-8-15)18(19)20-10-9-17(24)23-13-11-22(12-14-23)16-5-3-2-4-6-16/h2-6,15H,7-14H2,1H3,(H2,19,20). The van der Waals surface area contributed by atoms with Gasteiger partial charge < -0.3 is 20.4 Å². The van der Waals surface area contributed by atoms with Crippen molar-refractivity contribution in [3.05, 3.63) is 30.3 Å². The Morgan fingerprint density at radius 2 is 1.88 bits per heavy atom. The Balaban J connectivity index is 1.41. The van der Waals surface area contributed by atoms with Gasteiger partial charge in [0.15, 0.2) is 5.96 Å². The van der Waals surface area contributed by atoms with E-state index in [0.717, 1.165) is 26.2 Å². The molecule has 1 amide bonds. The lowest BCUT2D eigenvalue weighted by molar-refractivity contribution is -0.131. The smallest absolute Gasteiger partial charge is 0.224 e. The topological polar surface area (TPSA) is 65.2 Å². The van der Waals surface area contributed by atoms with E-state index in [9.17, 15) is 4.79 Å². The maximum Gasteiger partial charge on any atom is 0.224 e. The van der Waals surface area contributed by atoms with Gasteiger partial charge in [-0.2, -0.15) is 0 Å². The second kappa shape index (κ2) is 7.55. The number of guanidine groups is 1. The first-order valence-electron chi connectivity index (χ1n) is 8.75. The Hall–Kier alpha value is -2.24. The molecule has 0 radical (unpaired) electrons. The minimum atomic E-state index is 0.174. The summed E-state index contributed by atoms with van der Waals surface area (Å²) in [6, 6.07) is 10.9. The number of carbonyl (C=O) groups excluding carboxylic acids is 1. The predicted molar refractivity (Wildman–Crippen MR) is 97.1 cm³/mol. The molecular formula is C18H27N5O. The number of nitrogens with zero attached hydrogens (tertiary/aromatic N) is 4. The largest absolute Gasteiger partial charge is 0.370 e. The fraction of sp³-hybridized carbons (Fsp3) is 0.556. The van der Waals surface area contributed by atoms with E-state index in [4.69, 9.17) is 5.73 Å². The predicted octanol–water partition coefficient (Wildman–Crippen LogP) is 1.13. The Morgan fingerprint density at radius 3 is 2.50 bits per heavy atom. The summed E-state index contributed by atoms with van der Waals surface area (Å²) in [5.41, 5.74) is 7.18. The minimum absolute atomic E-state index is 0.174. The number of benzene rings is 1. The zero-order valence-corrected chi connectivity index (χ0v) is 14.4. The first kappa shape index (κ1) is 16.6. The number of rotatable bonds is 5. The van der Waals surface area contributed by atoms with Gasteiger partial charge in [-0.15, -0.1) is 0 Å². The van der Waals surface area contributed by atoms with Crippen LogP contribution in [0, 0.1) is 0 Å². The lowest BCUT2D eigenvalue weighted by atomic mass is 10.2. The van der Waals surface area contributed by atoms with E-state index in [1.807, 2.05) is 35.0 Å². The molecule has 0 spiro atoms. The van der Waals surface area contributed by atoms with Crippen molar-refractivity contribution in [1.29, 1.82) is 0 Å². The van der Waals surface area contributed by atoms with E-state index >= 15 is 0 Å². The Labute approximate surface area is 143 Å². The molecule has 1 heterocycles. The molecule has 0 atom stereocenters. The van der Waals surface area contributed by atoms with E-state index in [1.165, 1.54) is 18.5 Å². The highest BCUT2D eigenvalue weighted by molar-refractivity contribution is 5.80. The zero-order valence-electron chi connectivity index (χ0n) is 14.4. The summed E-state index contributed by atoms with van der Waals surface area (Å²) < 4.78 is 0. The van der Waals surface area contributed by atoms with Crippen LogP contribution < -0.4 is 10.6 Å². The Morgan fingerprint density at radius 1 is 1.21 bits per heavy atom. The van der Waals surface area contributed by atoms with Crippen LogP contribution in [0.3, 0.4) is 0 Å². The number of piperazine rings is 1. The molecule has 24 heavy (non-hydrogen) atoms. The quantitative estimate of drug-likeness (QED) is 0.650. The van der Waals surface area contributed by atoms with Crippen LogP contribution >= 0.6 is 0 Å². The number of nitrogens with two attached hydrogens (primary N) is 1. The molecule has 1 aliphatic heterocycles. The van der Waals surface area contributed by atoms with Gasteiger partial charge in [0, 0.05) is 51.4 Å². The fourth-order valence-corrected chi connectivity index (χ4v) is 3.04. The summed E-state index contributed by atoms with van der Waals surface area (Å²) in [7, 11) is 1.97. The van der Waals surface area contributed by atoms with Gasteiger partial charge in [-0.3, -0.25) is 9.79 Å². The Kier molecular flexibility index (Phi) is 5.23. The Bertz CT molecular complexity index is 576. The maximum absolute atomic E-state index is 12.3. The SMILES string of the molecule is CN(C(N)=NCCC(=O)N1CCN(c2ccccc2)CC1)C1CC1. The minimum Gasteiger partial charge on any atom is -0.370 e. The average molecular weight is 329 g/mol. The van der Waals surface area contributed by atoms with Crippen LogP contribution in [-0.4, -0.2) is 67.5 Å². The maximum atomic E-state index is 12.3. The monoisotopic (exact) mass is 329 g/mol. The second-order valence-electron chi connectivity index (χ2n) is 6.54. The van der Waals surface area contributed by atoms with Gasteiger partial charge >= 0.3 is 0 Å². The normalized spacial score (nSPS) is 18.6. The van der Waals surface area contributed by atoms with Crippen LogP contribution in [0.1, 0.15) is 19.3 Å². The van der Waals surface area contributed by atoms with Crippen LogP contribution in [-0.2, 0) is 4.79 Å². The number of hydrogen-bond acceptors (Lipinski definition) is 3. The van der Waals surface area contributed by atoms with Crippen LogP contribution in [0.5, 0.6) is 0 Å². The number of aliphatic imine (C=N–C) groups is 1. The lowest BCUT2D eigenvalue weighted by Gasteiger charge is -2.36.